The smallest absolute Gasteiger partial charge is 0.374 e. The van der Waals surface area contributed by atoms with E-state index in [1.54, 1.807) is 0 Å². The Balaban J connectivity index is 1.79. The van der Waals surface area contributed by atoms with Gasteiger partial charge < -0.3 is 9.67 Å². The molecule has 1 saturated carbocycles. The Hall–Kier alpha value is -3.61. The van der Waals surface area contributed by atoms with Crippen molar-refractivity contribution in [3.63, 3.8) is 0 Å². The highest BCUT2D eigenvalue weighted by Gasteiger charge is 2.25. The van der Waals surface area contributed by atoms with E-state index in [4.69, 9.17) is 4.98 Å². The minimum atomic E-state index is -1.16. The fourth-order valence-electron chi connectivity index (χ4n) is 5.05. The third-order valence-corrected chi connectivity index (χ3v) is 6.93. The average molecular weight is 470 g/mol. The molecule has 1 fully saturated rings. The molecule has 3 aromatic heterocycles. The van der Waals surface area contributed by atoms with Gasteiger partial charge in [-0.15, -0.1) is 0 Å². The molecule has 1 aliphatic carbocycles. The van der Waals surface area contributed by atoms with Gasteiger partial charge in [0.2, 0.25) is 5.82 Å². The minimum absolute atomic E-state index is 0.244. The van der Waals surface area contributed by atoms with E-state index in [1.165, 1.54) is 37.7 Å². The lowest BCUT2D eigenvalue weighted by Crippen LogP contribution is -2.16. The van der Waals surface area contributed by atoms with Gasteiger partial charge in [0, 0.05) is 18.3 Å². The standard InChI is InChI=1S/C28H31N5O2/c1-17(2)20-12-13-29-22(15-20)27-32-25-24(33(27)16-19-9-5-4-6-10-19)23(30-26(31-25)28(34)35)21-11-7-8-18(3)14-21/h7-8,11-15,17,19H,4-6,9-10,16H2,1-3H3,(H,34,35). The van der Waals surface area contributed by atoms with E-state index in [0.717, 1.165) is 34.7 Å². The quantitative estimate of drug-likeness (QED) is 0.358. The van der Waals surface area contributed by atoms with E-state index in [9.17, 15) is 9.90 Å². The van der Waals surface area contributed by atoms with Gasteiger partial charge in [-0.1, -0.05) is 56.9 Å². The van der Waals surface area contributed by atoms with Crippen molar-refractivity contribution < 1.29 is 9.90 Å². The summed E-state index contributed by atoms with van der Waals surface area (Å²) in [6.07, 6.45) is 7.92. The number of nitrogens with zero attached hydrogens (tertiary/aromatic N) is 5. The molecule has 0 atom stereocenters. The number of hydrogen-bond acceptors (Lipinski definition) is 5. The van der Waals surface area contributed by atoms with E-state index >= 15 is 0 Å². The van der Waals surface area contributed by atoms with Gasteiger partial charge in [0.25, 0.3) is 0 Å². The molecule has 0 unspecified atom stereocenters. The van der Waals surface area contributed by atoms with Crippen LogP contribution >= 0.6 is 0 Å². The van der Waals surface area contributed by atoms with E-state index in [0.29, 0.717) is 23.2 Å². The SMILES string of the molecule is Cc1cccc(-c2nc(C(=O)O)nc3nc(-c4cc(C(C)C)ccn4)n(CC4CCCCC4)c23)c1. The van der Waals surface area contributed by atoms with Crippen LogP contribution in [-0.4, -0.2) is 35.6 Å². The Labute approximate surface area is 205 Å². The highest BCUT2D eigenvalue weighted by molar-refractivity contribution is 5.94. The summed E-state index contributed by atoms with van der Waals surface area (Å²) in [5.74, 6) is 0.196. The normalized spacial score (nSPS) is 14.6. The predicted molar refractivity (Wildman–Crippen MR) is 136 cm³/mol. The van der Waals surface area contributed by atoms with E-state index in [-0.39, 0.29) is 5.82 Å². The number of benzene rings is 1. The molecule has 5 rings (SSSR count). The molecule has 0 aliphatic heterocycles. The lowest BCUT2D eigenvalue weighted by molar-refractivity contribution is 0.0684. The van der Waals surface area contributed by atoms with Crippen molar-refractivity contribution >= 4 is 17.1 Å². The molecule has 3 heterocycles. The van der Waals surface area contributed by atoms with Gasteiger partial charge in [-0.3, -0.25) is 4.98 Å². The molecule has 7 nitrogen and oxygen atoms in total. The summed E-state index contributed by atoms with van der Waals surface area (Å²) in [4.78, 5) is 30.4. The molecule has 0 radical (unpaired) electrons. The fraction of sp³-hybridized carbons (Fsp3) is 0.393. The van der Waals surface area contributed by atoms with Gasteiger partial charge in [0.1, 0.15) is 16.9 Å². The number of aromatic carboxylic acids is 1. The van der Waals surface area contributed by atoms with Gasteiger partial charge in [0.15, 0.2) is 11.5 Å². The summed E-state index contributed by atoms with van der Waals surface area (Å²) in [7, 11) is 0. The molecule has 35 heavy (non-hydrogen) atoms. The molecule has 1 N–H and O–H groups in total. The lowest BCUT2D eigenvalue weighted by Gasteiger charge is -2.23. The number of carboxylic acids is 1. The Kier molecular flexibility index (Phi) is 6.32. The van der Waals surface area contributed by atoms with Crippen molar-refractivity contribution in [2.24, 2.45) is 5.92 Å². The van der Waals surface area contributed by atoms with Gasteiger partial charge >= 0.3 is 5.97 Å². The Morgan fingerprint density at radius 2 is 1.89 bits per heavy atom. The Morgan fingerprint density at radius 1 is 1.09 bits per heavy atom. The maximum Gasteiger partial charge on any atom is 0.374 e. The number of rotatable bonds is 6. The summed E-state index contributed by atoms with van der Waals surface area (Å²) < 4.78 is 2.20. The molecule has 0 saturated heterocycles. The van der Waals surface area contributed by atoms with Crippen LogP contribution in [-0.2, 0) is 6.54 Å². The highest BCUT2D eigenvalue weighted by atomic mass is 16.4. The van der Waals surface area contributed by atoms with Gasteiger partial charge in [-0.05, 0) is 55.4 Å². The number of hydrogen-bond donors (Lipinski definition) is 1. The van der Waals surface area contributed by atoms with Crippen LogP contribution < -0.4 is 0 Å². The molecular formula is C28H31N5O2. The van der Waals surface area contributed by atoms with Crippen molar-refractivity contribution in [3.05, 3.63) is 59.5 Å². The fourth-order valence-corrected chi connectivity index (χ4v) is 5.05. The van der Waals surface area contributed by atoms with Crippen LogP contribution in [0.2, 0.25) is 0 Å². The zero-order chi connectivity index (χ0) is 24.5. The lowest BCUT2D eigenvalue weighted by atomic mass is 9.89. The number of fused-ring (bicyclic) bond motifs is 1. The van der Waals surface area contributed by atoms with Crippen LogP contribution in [0.5, 0.6) is 0 Å². The average Bonchev–Trinajstić information content (AvgIpc) is 3.22. The monoisotopic (exact) mass is 469 g/mol. The molecule has 1 aliphatic rings. The van der Waals surface area contributed by atoms with Crippen LogP contribution in [0.4, 0.5) is 0 Å². The Morgan fingerprint density at radius 3 is 2.60 bits per heavy atom. The molecule has 7 heteroatoms. The van der Waals surface area contributed by atoms with E-state index in [1.807, 2.05) is 43.5 Å². The summed E-state index contributed by atoms with van der Waals surface area (Å²) in [5, 5.41) is 9.75. The first-order valence-electron chi connectivity index (χ1n) is 12.5. The third-order valence-electron chi connectivity index (χ3n) is 6.93. The second-order valence-corrected chi connectivity index (χ2v) is 9.92. The van der Waals surface area contributed by atoms with Crippen molar-refractivity contribution in [1.82, 2.24) is 24.5 Å². The van der Waals surface area contributed by atoms with Gasteiger partial charge in [-0.25, -0.2) is 19.7 Å². The first-order valence-corrected chi connectivity index (χ1v) is 12.5. The van der Waals surface area contributed by atoms with Crippen LogP contribution in [0.1, 0.15) is 73.6 Å². The van der Waals surface area contributed by atoms with Crippen LogP contribution in [0.25, 0.3) is 33.9 Å². The second-order valence-electron chi connectivity index (χ2n) is 9.92. The van der Waals surface area contributed by atoms with Crippen molar-refractivity contribution in [3.8, 4) is 22.8 Å². The number of carboxylic acid groups (broad SMARTS) is 1. The zero-order valence-corrected chi connectivity index (χ0v) is 20.5. The molecule has 0 spiro atoms. The maximum atomic E-state index is 11.9. The summed E-state index contributed by atoms with van der Waals surface area (Å²) in [5.41, 5.74) is 5.68. The van der Waals surface area contributed by atoms with Gasteiger partial charge in [-0.2, -0.15) is 0 Å². The molecule has 180 valence electrons. The topological polar surface area (TPSA) is 93.8 Å². The molecule has 1 aromatic carbocycles. The second kappa shape index (κ2) is 9.56. The van der Waals surface area contributed by atoms with Crippen molar-refractivity contribution in [1.29, 1.82) is 0 Å². The van der Waals surface area contributed by atoms with Crippen LogP contribution in [0, 0.1) is 12.8 Å². The number of imidazole rings is 1. The summed E-state index contributed by atoms with van der Waals surface area (Å²) in [6.45, 7) is 7.12. The number of aromatic nitrogens is 5. The predicted octanol–water partition coefficient (Wildman–Crippen LogP) is 6.27. The van der Waals surface area contributed by atoms with Crippen molar-refractivity contribution in [2.75, 3.05) is 0 Å². The third kappa shape index (κ3) is 4.67. The summed E-state index contributed by atoms with van der Waals surface area (Å²) >= 11 is 0. The summed E-state index contributed by atoms with van der Waals surface area (Å²) in [6, 6.07) is 12.1. The maximum absolute atomic E-state index is 11.9. The molecule has 0 amide bonds. The molecular weight excluding hydrogens is 438 g/mol. The zero-order valence-electron chi connectivity index (χ0n) is 20.5. The highest BCUT2D eigenvalue weighted by Crippen LogP contribution is 2.34. The van der Waals surface area contributed by atoms with Crippen LogP contribution in [0.15, 0.2) is 42.6 Å². The van der Waals surface area contributed by atoms with Gasteiger partial charge in [0.05, 0.1) is 0 Å². The first kappa shape index (κ1) is 23.1. The number of carbonyl (C=O) groups is 1. The van der Waals surface area contributed by atoms with E-state index < -0.39 is 5.97 Å². The largest absolute Gasteiger partial charge is 0.475 e. The Bertz CT molecular complexity index is 1390. The molecule has 4 aromatic rings. The number of aryl methyl sites for hydroxylation is 1. The van der Waals surface area contributed by atoms with E-state index in [2.05, 4.69) is 39.4 Å². The van der Waals surface area contributed by atoms with Crippen molar-refractivity contribution in [2.45, 2.75) is 65.3 Å². The first-order chi connectivity index (χ1) is 16.9. The number of pyridine rings is 1. The van der Waals surface area contributed by atoms with Crippen LogP contribution in [0.3, 0.4) is 0 Å². The minimum Gasteiger partial charge on any atom is -0.475 e. The molecule has 0 bridgehead atoms.